The molecule has 1 heterocycles. The summed E-state index contributed by atoms with van der Waals surface area (Å²) in [7, 11) is 0. The van der Waals surface area contributed by atoms with Gasteiger partial charge in [0.25, 0.3) is 0 Å². The van der Waals surface area contributed by atoms with Crippen LogP contribution in [0.1, 0.15) is 23.7 Å². The van der Waals surface area contributed by atoms with Crippen LogP contribution >= 0.6 is 15.9 Å². The molecular formula is C15H18BrN3. The number of nitrogens with two attached hydrogens (primary N) is 1. The number of rotatable bonds is 3. The Morgan fingerprint density at radius 2 is 1.89 bits per heavy atom. The van der Waals surface area contributed by atoms with Crippen LogP contribution in [0, 0.1) is 13.8 Å². The van der Waals surface area contributed by atoms with Crippen molar-refractivity contribution in [3.8, 4) is 11.4 Å². The largest absolute Gasteiger partial charge is 0.328 e. The van der Waals surface area contributed by atoms with Crippen LogP contribution < -0.4 is 5.73 Å². The van der Waals surface area contributed by atoms with E-state index in [0.29, 0.717) is 0 Å². The molecule has 1 aromatic carbocycles. The molecule has 0 aliphatic carbocycles. The van der Waals surface area contributed by atoms with Gasteiger partial charge in [-0.15, -0.1) is 0 Å². The first-order chi connectivity index (χ1) is 8.97. The van der Waals surface area contributed by atoms with Crippen LogP contribution in [0.2, 0.25) is 0 Å². The molecule has 0 aliphatic rings. The van der Waals surface area contributed by atoms with E-state index in [-0.39, 0.29) is 6.04 Å². The minimum absolute atomic E-state index is 0.108. The zero-order valence-corrected chi connectivity index (χ0v) is 13.0. The lowest BCUT2D eigenvalue weighted by Gasteiger charge is -2.09. The summed E-state index contributed by atoms with van der Waals surface area (Å²) in [5, 5.41) is 0. The fourth-order valence-electron chi connectivity index (χ4n) is 2.05. The van der Waals surface area contributed by atoms with Gasteiger partial charge < -0.3 is 5.73 Å². The fraction of sp³-hybridized carbons (Fsp3) is 0.333. The zero-order chi connectivity index (χ0) is 14.0. The molecule has 0 bridgehead atoms. The minimum atomic E-state index is 0.108. The molecular weight excluding hydrogens is 302 g/mol. The Balaban J connectivity index is 2.41. The van der Waals surface area contributed by atoms with Crippen LogP contribution in [0.5, 0.6) is 0 Å². The number of benzene rings is 1. The topological polar surface area (TPSA) is 51.8 Å². The molecule has 2 rings (SSSR count). The standard InChI is InChI=1S/C15H18BrN3/c1-9-6-12(7-10(2)14(9)16)15-18-5-4-13(19-15)8-11(3)17/h4-7,11H,8,17H2,1-3H3. The van der Waals surface area contributed by atoms with Gasteiger partial charge in [0.2, 0.25) is 0 Å². The van der Waals surface area contributed by atoms with Gasteiger partial charge in [0, 0.05) is 34.4 Å². The molecule has 0 amide bonds. The van der Waals surface area contributed by atoms with Crippen molar-refractivity contribution >= 4 is 15.9 Å². The van der Waals surface area contributed by atoms with E-state index >= 15 is 0 Å². The lowest BCUT2D eigenvalue weighted by molar-refractivity contribution is 0.720. The van der Waals surface area contributed by atoms with Gasteiger partial charge in [0.15, 0.2) is 5.82 Å². The SMILES string of the molecule is Cc1cc(-c2nccc(CC(C)N)n2)cc(C)c1Br. The van der Waals surface area contributed by atoms with Crippen LogP contribution in [-0.2, 0) is 6.42 Å². The summed E-state index contributed by atoms with van der Waals surface area (Å²) in [4.78, 5) is 8.95. The predicted molar refractivity (Wildman–Crippen MR) is 82.0 cm³/mol. The Labute approximate surface area is 122 Å². The molecule has 0 aliphatic heterocycles. The van der Waals surface area contributed by atoms with Gasteiger partial charge in [0.05, 0.1) is 0 Å². The molecule has 0 saturated heterocycles. The van der Waals surface area contributed by atoms with Crippen molar-refractivity contribution in [2.45, 2.75) is 33.2 Å². The normalized spacial score (nSPS) is 12.5. The summed E-state index contributed by atoms with van der Waals surface area (Å²) in [6.45, 7) is 6.13. The number of aryl methyl sites for hydroxylation is 2. The first-order valence-electron chi connectivity index (χ1n) is 6.32. The maximum Gasteiger partial charge on any atom is 0.159 e. The second kappa shape index (κ2) is 5.80. The van der Waals surface area contributed by atoms with Crippen LogP contribution in [0.3, 0.4) is 0 Å². The van der Waals surface area contributed by atoms with Gasteiger partial charge in [-0.3, -0.25) is 0 Å². The molecule has 0 fully saturated rings. The highest BCUT2D eigenvalue weighted by Crippen LogP contribution is 2.26. The number of halogens is 1. The van der Waals surface area contributed by atoms with Crippen molar-refractivity contribution in [1.29, 1.82) is 0 Å². The van der Waals surface area contributed by atoms with Crippen molar-refractivity contribution in [2.24, 2.45) is 5.73 Å². The zero-order valence-electron chi connectivity index (χ0n) is 11.4. The monoisotopic (exact) mass is 319 g/mol. The average molecular weight is 320 g/mol. The third-order valence-corrected chi connectivity index (χ3v) is 4.19. The van der Waals surface area contributed by atoms with Crippen LogP contribution in [-0.4, -0.2) is 16.0 Å². The molecule has 4 heteroatoms. The Morgan fingerprint density at radius 3 is 2.47 bits per heavy atom. The average Bonchev–Trinajstić information content (AvgIpc) is 2.35. The van der Waals surface area contributed by atoms with Crippen molar-refractivity contribution in [3.63, 3.8) is 0 Å². The van der Waals surface area contributed by atoms with Gasteiger partial charge in [-0.25, -0.2) is 9.97 Å². The summed E-state index contributed by atoms with van der Waals surface area (Å²) >= 11 is 3.58. The van der Waals surface area contributed by atoms with E-state index in [0.717, 1.165) is 28.0 Å². The van der Waals surface area contributed by atoms with Crippen molar-refractivity contribution < 1.29 is 0 Å². The third kappa shape index (κ3) is 3.39. The number of nitrogens with zero attached hydrogens (tertiary/aromatic N) is 2. The summed E-state index contributed by atoms with van der Waals surface area (Å²) in [5.74, 6) is 0.761. The van der Waals surface area contributed by atoms with Gasteiger partial charge in [-0.2, -0.15) is 0 Å². The predicted octanol–water partition coefficient (Wildman–Crippen LogP) is 3.41. The minimum Gasteiger partial charge on any atom is -0.328 e. The highest BCUT2D eigenvalue weighted by molar-refractivity contribution is 9.10. The first kappa shape index (κ1) is 14.2. The Morgan fingerprint density at radius 1 is 1.26 bits per heavy atom. The molecule has 1 atom stereocenters. The number of aromatic nitrogens is 2. The van der Waals surface area contributed by atoms with E-state index in [4.69, 9.17) is 5.73 Å². The van der Waals surface area contributed by atoms with Crippen LogP contribution in [0.15, 0.2) is 28.9 Å². The molecule has 19 heavy (non-hydrogen) atoms. The summed E-state index contributed by atoms with van der Waals surface area (Å²) < 4.78 is 1.14. The third-order valence-electron chi connectivity index (χ3n) is 2.94. The molecule has 3 nitrogen and oxygen atoms in total. The molecule has 0 saturated carbocycles. The van der Waals surface area contributed by atoms with Crippen LogP contribution in [0.25, 0.3) is 11.4 Å². The molecule has 2 N–H and O–H groups in total. The Kier molecular flexibility index (Phi) is 4.32. The van der Waals surface area contributed by atoms with Crippen molar-refractivity contribution in [1.82, 2.24) is 9.97 Å². The van der Waals surface area contributed by atoms with Crippen molar-refractivity contribution in [2.75, 3.05) is 0 Å². The van der Waals surface area contributed by atoms with Crippen LogP contribution in [0.4, 0.5) is 0 Å². The van der Waals surface area contributed by atoms with Gasteiger partial charge in [-0.1, -0.05) is 15.9 Å². The second-order valence-electron chi connectivity index (χ2n) is 4.98. The Hall–Kier alpha value is -1.26. The lowest BCUT2D eigenvalue weighted by atomic mass is 10.1. The summed E-state index contributed by atoms with van der Waals surface area (Å²) in [6, 6.07) is 6.23. The maximum absolute atomic E-state index is 5.81. The van der Waals surface area contributed by atoms with E-state index in [1.807, 2.05) is 13.0 Å². The first-order valence-corrected chi connectivity index (χ1v) is 7.11. The van der Waals surface area contributed by atoms with E-state index < -0.39 is 0 Å². The maximum atomic E-state index is 5.81. The van der Waals surface area contributed by atoms with Crippen molar-refractivity contribution in [3.05, 3.63) is 45.7 Å². The van der Waals surface area contributed by atoms with E-state index in [1.165, 1.54) is 11.1 Å². The van der Waals surface area contributed by atoms with E-state index in [9.17, 15) is 0 Å². The van der Waals surface area contributed by atoms with E-state index in [1.54, 1.807) is 6.20 Å². The van der Waals surface area contributed by atoms with Gasteiger partial charge in [-0.05, 0) is 50.1 Å². The fourth-order valence-corrected chi connectivity index (χ4v) is 2.28. The van der Waals surface area contributed by atoms with E-state index in [2.05, 4.69) is 51.9 Å². The molecule has 1 aromatic heterocycles. The van der Waals surface area contributed by atoms with Gasteiger partial charge >= 0.3 is 0 Å². The summed E-state index contributed by atoms with van der Waals surface area (Å²) in [6.07, 6.45) is 2.57. The molecule has 0 radical (unpaired) electrons. The highest BCUT2D eigenvalue weighted by Gasteiger charge is 2.08. The molecule has 1 unspecified atom stereocenters. The highest BCUT2D eigenvalue weighted by atomic mass is 79.9. The number of hydrogen-bond acceptors (Lipinski definition) is 3. The molecule has 2 aromatic rings. The lowest BCUT2D eigenvalue weighted by Crippen LogP contribution is -2.18. The smallest absolute Gasteiger partial charge is 0.159 e. The Bertz CT molecular complexity index is 571. The molecule has 100 valence electrons. The molecule has 0 spiro atoms. The van der Waals surface area contributed by atoms with Gasteiger partial charge in [0.1, 0.15) is 0 Å². The number of hydrogen-bond donors (Lipinski definition) is 1. The second-order valence-corrected chi connectivity index (χ2v) is 5.77. The summed E-state index contributed by atoms with van der Waals surface area (Å²) in [5.41, 5.74) is 10.2. The quantitative estimate of drug-likeness (QED) is 0.943.